The number of phenolic OH excluding ortho intramolecular Hbond substituents is 1. The zero-order chi connectivity index (χ0) is 19.0. The van der Waals surface area contributed by atoms with Gasteiger partial charge in [-0.15, -0.1) is 11.3 Å². The summed E-state index contributed by atoms with van der Waals surface area (Å²) in [6.45, 7) is 1.77. The number of fused-ring (bicyclic) bond motifs is 1. The number of benzene rings is 1. The molecule has 3 N–H and O–H groups in total. The molecule has 7 nitrogen and oxygen atoms in total. The number of aryl methyl sites for hydroxylation is 1. The fourth-order valence-electron chi connectivity index (χ4n) is 2.92. The van der Waals surface area contributed by atoms with Crippen LogP contribution >= 0.6 is 11.3 Å². The van der Waals surface area contributed by atoms with Crippen LogP contribution in [0.25, 0.3) is 0 Å². The molecule has 0 saturated heterocycles. The van der Waals surface area contributed by atoms with Gasteiger partial charge in [-0.3, -0.25) is 0 Å². The van der Waals surface area contributed by atoms with Crippen LogP contribution < -0.4 is 15.2 Å². The van der Waals surface area contributed by atoms with Crippen molar-refractivity contribution in [3.8, 4) is 23.3 Å². The van der Waals surface area contributed by atoms with Crippen LogP contribution in [0.5, 0.6) is 17.2 Å². The highest BCUT2D eigenvalue weighted by Gasteiger charge is 2.37. The van der Waals surface area contributed by atoms with E-state index in [-0.39, 0.29) is 23.0 Å². The topological polar surface area (TPSA) is 115 Å². The lowest BCUT2D eigenvalue weighted by Crippen LogP contribution is -2.21. The number of nitrogens with two attached hydrogens (primary N) is 1. The fourth-order valence-corrected chi connectivity index (χ4v) is 4.14. The van der Waals surface area contributed by atoms with Gasteiger partial charge in [0.1, 0.15) is 17.2 Å². The minimum absolute atomic E-state index is 0.0170. The maximum atomic E-state index is 12.1. The second-order valence-corrected chi connectivity index (χ2v) is 6.83. The van der Waals surface area contributed by atoms with Crippen LogP contribution in [0, 0.1) is 18.3 Å². The molecule has 0 aliphatic carbocycles. The summed E-state index contributed by atoms with van der Waals surface area (Å²) < 4.78 is 15.6. The number of aromatic hydroxyl groups is 1. The van der Waals surface area contributed by atoms with E-state index in [2.05, 4.69) is 6.07 Å². The number of thiophene rings is 1. The molecule has 1 aliphatic heterocycles. The average Bonchev–Trinajstić information content (AvgIpc) is 2.95. The zero-order valence-electron chi connectivity index (χ0n) is 14.3. The Hall–Kier alpha value is -3.18. The zero-order valence-corrected chi connectivity index (χ0v) is 15.1. The number of carbonyl (C=O) groups is 1. The molecule has 2 aromatic rings. The van der Waals surface area contributed by atoms with E-state index in [1.54, 1.807) is 19.1 Å². The number of nitriles is 1. The third-order valence-electron chi connectivity index (χ3n) is 4.14. The number of phenols is 1. The third-order valence-corrected chi connectivity index (χ3v) is 5.29. The van der Waals surface area contributed by atoms with E-state index in [0.29, 0.717) is 26.6 Å². The van der Waals surface area contributed by atoms with E-state index in [4.69, 9.17) is 19.9 Å². The minimum Gasteiger partial charge on any atom is -0.504 e. The summed E-state index contributed by atoms with van der Waals surface area (Å²) >= 11 is 1.33. The Morgan fingerprint density at radius 1 is 1.42 bits per heavy atom. The predicted molar refractivity (Wildman–Crippen MR) is 94.4 cm³/mol. The van der Waals surface area contributed by atoms with E-state index < -0.39 is 11.9 Å². The molecule has 1 aromatic heterocycles. The van der Waals surface area contributed by atoms with Gasteiger partial charge in [0.25, 0.3) is 0 Å². The highest BCUT2D eigenvalue weighted by Crippen LogP contribution is 2.50. The van der Waals surface area contributed by atoms with Crippen LogP contribution in [0.4, 0.5) is 0 Å². The lowest BCUT2D eigenvalue weighted by atomic mass is 9.88. The molecule has 1 atom stereocenters. The molecule has 0 bridgehead atoms. The number of allylic oxidation sites excluding steroid dienone is 1. The van der Waals surface area contributed by atoms with Crippen LogP contribution in [-0.4, -0.2) is 25.3 Å². The Kier molecular flexibility index (Phi) is 4.49. The Bertz CT molecular complexity index is 971. The van der Waals surface area contributed by atoms with Crippen molar-refractivity contribution in [3.63, 3.8) is 0 Å². The first-order chi connectivity index (χ1) is 12.4. The third kappa shape index (κ3) is 2.62. The van der Waals surface area contributed by atoms with E-state index in [9.17, 15) is 15.2 Å². The summed E-state index contributed by atoms with van der Waals surface area (Å²) in [7, 11) is 2.73. The summed E-state index contributed by atoms with van der Waals surface area (Å²) in [5.74, 6) is -0.590. The highest BCUT2D eigenvalue weighted by atomic mass is 32.1. The van der Waals surface area contributed by atoms with Crippen molar-refractivity contribution in [3.05, 3.63) is 50.5 Å². The predicted octanol–water partition coefficient (Wildman–Crippen LogP) is 2.78. The first-order valence-corrected chi connectivity index (χ1v) is 8.40. The van der Waals surface area contributed by atoms with Gasteiger partial charge in [-0.05, 0) is 24.6 Å². The van der Waals surface area contributed by atoms with E-state index in [0.717, 1.165) is 0 Å². The molecule has 8 heteroatoms. The van der Waals surface area contributed by atoms with Gasteiger partial charge in [0, 0.05) is 4.88 Å². The molecular weight excluding hydrogens is 356 g/mol. The standard InChI is InChI=1S/C18H16N2O5S/c1-8-13(18(22)24-3)15-16(26-8)14(10(7-19)17(20)25-15)9-4-5-11(21)12(6-9)23-2/h4-6,14,21H,20H2,1-3H3/t14-/m0/s1. The van der Waals surface area contributed by atoms with Crippen LogP contribution in [-0.2, 0) is 4.74 Å². The van der Waals surface area contributed by atoms with Gasteiger partial charge in [-0.25, -0.2) is 4.79 Å². The number of rotatable bonds is 3. The number of nitrogens with zero attached hydrogens (tertiary/aromatic N) is 1. The molecule has 1 aliphatic rings. The Balaban J connectivity index is 2.25. The number of hydrogen-bond acceptors (Lipinski definition) is 8. The maximum Gasteiger partial charge on any atom is 0.342 e. The first kappa shape index (κ1) is 17.6. The number of ether oxygens (including phenoxy) is 3. The number of esters is 1. The van der Waals surface area contributed by atoms with Crippen LogP contribution in [0.3, 0.4) is 0 Å². The van der Waals surface area contributed by atoms with Crippen molar-refractivity contribution in [1.82, 2.24) is 0 Å². The molecule has 26 heavy (non-hydrogen) atoms. The molecule has 1 aromatic carbocycles. The molecule has 0 unspecified atom stereocenters. The van der Waals surface area contributed by atoms with Gasteiger partial charge >= 0.3 is 5.97 Å². The Labute approximate surface area is 153 Å². The van der Waals surface area contributed by atoms with Crippen LogP contribution in [0.2, 0.25) is 0 Å². The van der Waals surface area contributed by atoms with Gasteiger partial charge < -0.3 is 25.1 Å². The van der Waals surface area contributed by atoms with E-state index >= 15 is 0 Å². The molecule has 0 amide bonds. The Morgan fingerprint density at radius 2 is 2.15 bits per heavy atom. The van der Waals surface area contributed by atoms with Gasteiger partial charge in [-0.2, -0.15) is 5.26 Å². The fraction of sp³-hybridized carbons (Fsp3) is 0.222. The first-order valence-electron chi connectivity index (χ1n) is 7.59. The molecule has 0 saturated carbocycles. The number of methoxy groups -OCH3 is 2. The summed E-state index contributed by atoms with van der Waals surface area (Å²) in [5, 5.41) is 19.4. The van der Waals surface area contributed by atoms with Gasteiger partial charge in [0.05, 0.1) is 25.0 Å². The quantitative estimate of drug-likeness (QED) is 0.796. The number of carbonyl (C=O) groups excluding carboxylic acids is 1. The second kappa shape index (κ2) is 6.61. The summed E-state index contributed by atoms with van der Waals surface area (Å²) in [5.41, 5.74) is 7.16. The second-order valence-electron chi connectivity index (χ2n) is 5.57. The van der Waals surface area contributed by atoms with Gasteiger partial charge in [-0.1, -0.05) is 6.07 Å². The van der Waals surface area contributed by atoms with Crippen LogP contribution in [0.15, 0.2) is 29.7 Å². The van der Waals surface area contributed by atoms with Crippen molar-refractivity contribution >= 4 is 17.3 Å². The summed E-state index contributed by atoms with van der Waals surface area (Å²) in [4.78, 5) is 13.5. The van der Waals surface area contributed by atoms with Crippen molar-refractivity contribution in [2.75, 3.05) is 14.2 Å². The van der Waals surface area contributed by atoms with E-state index in [1.165, 1.54) is 31.6 Å². The smallest absolute Gasteiger partial charge is 0.342 e. The van der Waals surface area contributed by atoms with Gasteiger partial charge in [0.15, 0.2) is 17.2 Å². The lowest BCUT2D eigenvalue weighted by molar-refractivity contribution is 0.0597. The molecular formula is C18H16N2O5S. The molecule has 3 rings (SSSR count). The van der Waals surface area contributed by atoms with Gasteiger partial charge in [0.2, 0.25) is 5.88 Å². The monoisotopic (exact) mass is 372 g/mol. The largest absolute Gasteiger partial charge is 0.504 e. The maximum absolute atomic E-state index is 12.1. The van der Waals surface area contributed by atoms with Crippen LogP contribution in [0.1, 0.15) is 31.6 Å². The minimum atomic E-state index is -0.541. The summed E-state index contributed by atoms with van der Waals surface area (Å²) in [6, 6.07) is 6.87. The van der Waals surface area contributed by atoms with Crippen molar-refractivity contribution in [2.24, 2.45) is 5.73 Å². The normalized spacial score (nSPS) is 15.7. The highest BCUT2D eigenvalue weighted by molar-refractivity contribution is 7.12. The lowest BCUT2D eigenvalue weighted by Gasteiger charge is -2.24. The molecule has 2 heterocycles. The van der Waals surface area contributed by atoms with Crippen molar-refractivity contribution < 1.29 is 24.1 Å². The number of hydrogen-bond donors (Lipinski definition) is 2. The van der Waals surface area contributed by atoms with Crippen molar-refractivity contribution in [2.45, 2.75) is 12.8 Å². The molecule has 134 valence electrons. The Morgan fingerprint density at radius 3 is 2.77 bits per heavy atom. The SMILES string of the molecule is COC(=O)c1c(C)sc2c1OC(N)=C(C#N)[C@@H]2c1ccc(O)c(OC)c1. The molecule has 0 fully saturated rings. The molecule has 0 radical (unpaired) electrons. The molecule has 0 spiro atoms. The van der Waals surface area contributed by atoms with Crippen molar-refractivity contribution in [1.29, 1.82) is 5.26 Å². The summed E-state index contributed by atoms with van der Waals surface area (Å²) in [6.07, 6.45) is 0. The average molecular weight is 372 g/mol. The van der Waals surface area contributed by atoms with E-state index in [1.807, 2.05) is 0 Å².